The largest absolute Gasteiger partial charge is 0.464 e. The lowest BCUT2D eigenvalue weighted by molar-refractivity contribution is -0.131. The van der Waals surface area contributed by atoms with Crippen LogP contribution in [0.5, 0.6) is 0 Å². The van der Waals surface area contributed by atoms with Crippen LogP contribution < -0.4 is 0 Å². The molecule has 128 valence electrons. The molecule has 1 aliphatic rings. The molecular formula is C18H22N2O3S. The van der Waals surface area contributed by atoms with E-state index in [1.807, 2.05) is 27.8 Å². The summed E-state index contributed by atoms with van der Waals surface area (Å²) in [5.74, 6) is -0.123. The van der Waals surface area contributed by atoms with Crippen molar-refractivity contribution in [1.29, 1.82) is 0 Å². The molecule has 6 heteroatoms. The van der Waals surface area contributed by atoms with Gasteiger partial charge >= 0.3 is 5.97 Å². The molecule has 5 nitrogen and oxygen atoms in total. The van der Waals surface area contributed by atoms with E-state index in [-0.39, 0.29) is 17.9 Å². The molecule has 2 aromatic heterocycles. The van der Waals surface area contributed by atoms with Gasteiger partial charge in [0.05, 0.1) is 13.5 Å². The number of thiophene rings is 1. The van der Waals surface area contributed by atoms with E-state index in [2.05, 4.69) is 13.0 Å². The molecule has 24 heavy (non-hydrogen) atoms. The number of amides is 1. The van der Waals surface area contributed by atoms with Crippen molar-refractivity contribution in [1.82, 2.24) is 9.47 Å². The van der Waals surface area contributed by atoms with Gasteiger partial charge in [0.1, 0.15) is 5.69 Å². The van der Waals surface area contributed by atoms with Crippen molar-refractivity contribution in [3.05, 3.63) is 45.9 Å². The van der Waals surface area contributed by atoms with Crippen LogP contribution >= 0.6 is 11.3 Å². The van der Waals surface area contributed by atoms with E-state index in [4.69, 9.17) is 4.74 Å². The van der Waals surface area contributed by atoms with E-state index in [0.29, 0.717) is 12.1 Å². The SMILES string of the molecule is COC(=O)c1cccn1C1CCN(C(=O)Cc2ccc(C)s2)CC1. The fourth-order valence-corrected chi connectivity index (χ4v) is 4.11. The van der Waals surface area contributed by atoms with Crippen LogP contribution in [-0.2, 0) is 16.0 Å². The third-order valence-electron chi connectivity index (χ3n) is 4.51. The smallest absolute Gasteiger partial charge is 0.354 e. The predicted molar refractivity (Wildman–Crippen MR) is 93.4 cm³/mol. The van der Waals surface area contributed by atoms with Crippen LogP contribution in [0.2, 0.25) is 0 Å². The number of methoxy groups -OCH3 is 1. The molecule has 0 atom stereocenters. The Morgan fingerprint density at radius 1 is 1.25 bits per heavy atom. The fourth-order valence-electron chi connectivity index (χ4n) is 3.22. The molecule has 0 radical (unpaired) electrons. The van der Waals surface area contributed by atoms with Gasteiger partial charge in [0.2, 0.25) is 5.91 Å². The van der Waals surface area contributed by atoms with Gasteiger partial charge in [0, 0.05) is 35.1 Å². The van der Waals surface area contributed by atoms with Crippen molar-refractivity contribution in [2.24, 2.45) is 0 Å². The van der Waals surface area contributed by atoms with Crippen molar-refractivity contribution in [3.63, 3.8) is 0 Å². The molecule has 0 bridgehead atoms. The van der Waals surface area contributed by atoms with Gasteiger partial charge in [-0.3, -0.25) is 4.79 Å². The third-order valence-corrected chi connectivity index (χ3v) is 5.51. The fraction of sp³-hybridized carbons (Fsp3) is 0.444. The van der Waals surface area contributed by atoms with E-state index < -0.39 is 0 Å². The maximum absolute atomic E-state index is 12.4. The normalized spacial score (nSPS) is 15.5. The van der Waals surface area contributed by atoms with Crippen molar-refractivity contribution in [3.8, 4) is 0 Å². The second-order valence-corrected chi connectivity index (χ2v) is 7.47. The van der Waals surface area contributed by atoms with Gasteiger partial charge in [-0.1, -0.05) is 0 Å². The molecule has 3 rings (SSSR count). The minimum atomic E-state index is -0.313. The van der Waals surface area contributed by atoms with E-state index in [9.17, 15) is 9.59 Å². The van der Waals surface area contributed by atoms with E-state index in [0.717, 1.165) is 30.8 Å². The van der Waals surface area contributed by atoms with Crippen molar-refractivity contribution < 1.29 is 14.3 Å². The number of rotatable bonds is 4. The highest BCUT2D eigenvalue weighted by atomic mass is 32.1. The molecule has 1 saturated heterocycles. The highest BCUT2D eigenvalue weighted by molar-refractivity contribution is 7.12. The lowest BCUT2D eigenvalue weighted by atomic mass is 10.0. The number of hydrogen-bond donors (Lipinski definition) is 0. The Bertz CT molecular complexity index is 726. The summed E-state index contributed by atoms with van der Waals surface area (Å²) in [6.45, 7) is 3.51. The molecule has 1 aliphatic heterocycles. The van der Waals surface area contributed by atoms with E-state index in [1.54, 1.807) is 17.4 Å². The first-order valence-electron chi connectivity index (χ1n) is 8.16. The number of piperidine rings is 1. The average Bonchev–Trinajstić information content (AvgIpc) is 3.23. The number of ether oxygens (including phenoxy) is 1. The Kier molecular flexibility index (Phi) is 5.04. The summed E-state index contributed by atoms with van der Waals surface area (Å²) >= 11 is 1.68. The lowest BCUT2D eigenvalue weighted by Gasteiger charge is -2.33. The molecule has 0 aromatic carbocycles. The molecule has 0 spiro atoms. The number of carbonyl (C=O) groups excluding carboxylic acids is 2. The van der Waals surface area contributed by atoms with Crippen molar-refractivity contribution in [2.75, 3.05) is 20.2 Å². The first-order valence-corrected chi connectivity index (χ1v) is 8.98. The molecule has 2 aromatic rings. The molecule has 0 N–H and O–H groups in total. The van der Waals surface area contributed by atoms with Crippen molar-refractivity contribution >= 4 is 23.2 Å². The molecule has 0 saturated carbocycles. The van der Waals surface area contributed by atoms with Gasteiger partial charge in [0.25, 0.3) is 0 Å². The minimum absolute atomic E-state index is 0.191. The minimum Gasteiger partial charge on any atom is -0.464 e. The topological polar surface area (TPSA) is 51.5 Å². The second kappa shape index (κ2) is 7.21. The standard InChI is InChI=1S/C18H22N2O3S/c1-13-5-6-15(24-13)12-17(21)19-10-7-14(8-11-19)20-9-3-4-16(20)18(22)23-2/h3-6,9,14H,7-8,10-12H2,1-2H3. The molecular weight excluding hydrogens is 324 g/mol. The number of carbonyl (C=O) groups is 2. The quantitative estimate of drug-likeness (QED) is 0.800. The zero-order valence-corrected chi connectivity index (χ0v) is 14.8. The molecule has 1 amide bonds. The Hall–Kier alpha value is -2.08. The van der Waals surface area contributed by atoms with Crippen LogP contribution in [0, 0.1) is 6.92 Å². The van der Waals surface area contributed by atoms with Gasteiger partial charge in [0.15, 0.2) is 0 Å². The van der Waals surface area contributed by atoms with Crippen LogP contribution in [0.4, 0.5) is 0 Å². The summed E-state index contributed by atoms with van der Waals surface area (Å²) in [7, 11) is 1.40. The summed E-state index contributed by atoms with van der Waals surface area (Å²) in [6, 6.07) is 7.97. The first-order chi connectivity index (χ1) is 11.6. The maximum atomic E-state index is 12.4. The van der Waals surface area contributed by atoms with E-state index >= 15 is 0 Å². The molecule has 0 aliphatic carbocycles. The van der Waals surface area contributed by atoms with Gasteiger partial charge in [-0.25, -0.2) is 4.79 Å². The average molecular weight is 346 g/mol. The van der Waals surface area contributed by atoms with Crippen LogP contribution in [0.15, 0.2) is 30.5 Å². The van der Waals surface area contributed by atoms with Gasteiger partial charge < -0.3 is 14.2 Å². The predicted octanol–water partition coefficient (Wildman–Crippen LogP) is 3.05. The van der Waals surface area contributed by atoms with Gasteiger partial charge in [-0.2, -0.15) is 0 Å². The summed E-state index contributed by atoms with van der Waals surface area (Å²) < 4.78 is 6.81. The summed E-state index contributed by atoms with van der Waals surface area (Å²) in [5.41, 5.74) is 0.580. The zero-order chi connectivity index (χ0) is 17.1. The number of aromatic nitrogens is 1. The Morgan fingerprint density at radius 3 is 2.62 bits per heavy atom. The second-order valence-electron chi connectivity index (χ2n) is 6.09. The van der Waals surface area contributed by atoms with Crippen LogP contribution in [0.1, 0.15) is 39.1 Å². The zero-order valence-electron chi connectivity index (χ0n) is 14.0. The van der Waals surface area contributed by atoms with Gasteiger partial charge in [-0.05, 0) is 44.0 Å². The number of nitrogens with zero attached hydrogens (tertiary/aromatic N) is 2. The first kappa shape index (κ1) is 16.8. The van der Waals surface area contributed by atoms with E-state index in [1.165, 1.54) is 12.0 Å². The number of likely N-dealkylation sites (tertiary alicyclic amines) is 1. The van der Waals surface area contributed by atoms with Crippen LogP contribution in [0.25, 0.3) is 0 Å². The highest BCUT2D eigenvalue weighted by Crippen LogP contribution is 2.26. The molecule has 1 fully saturated rings. The Labute approximate surface area is 145 Å². The monoisotopic (exact) mass is 346 g/mol. The van der Waals surface area contributed by atoms with Crippen LogP contribution in [0.3, 0.4) is 0 Å². The Morgan fingerprint density at radius 2 is 2.00 bits per heavy atom. The summed E-state index contributed by atoms with van der Waals surface area (Å²) in [4.78, 5) is 28.5. The number of hydrogen-bond acceptors (Lipinski definition) is 4. The lowest BCUT2D eigenvalue weighted by Crippen LogP contribution is -2.40. The highest BCUT2D eigenvalue weighted by Gasteiger charge is 2.26. The van der Waals surface area contributed by atoms with Gasteiger partial charge in [-0.15, -0.1) is 11.3 Å². The molecule has 0 unspecified atom stereocenters. The summed E-state index contributed by atoms with van der Waals surface area (Å²) in [5, 5.41) is 0. The maximum Gasteiger partial charge on any atom is 0.354 e. The van der Waals surface area contributed by atoms with Crippen LogP contribution in [-0.4, -0.2) is 41.5 Å². The third kappa shape index (κ3) is 3.53. The molecule has 3 heterocycles. The summed E-state index contributed by atoms with van der Waals surface area (Å²) in [6.07, 6.45) is 4.12. The number of aryl methyl sites for hydroxylation is 1. The number of esters is 1. The van der Waals surface area contributed by atoms with Crippen molar-refractivity contribution in [2.45, 2.75) is 32.2 Å². The Balaban J connectivity index is 1.59.